The number of rotatable bonds is 8. The van der Waals surface area contributed by atoms with E-state index < -0.39 is 29.8 Å². The van der Waals surface area contributed by atoms with Crippen LogP contribution >= 0.6 is 0 Å². The van der Waals surface area contributed by atoms with Gasteiger partial charge in [-0.05, 0) is 32.8 Å². The third-order valence-corrected chi connectivity index (χ3v) is 4.67. The van der Waals surface area contributed by atoms with Crippen molar-refractivity contribution in [1.82, 2.24) is 24.8 Å². The maximum atomic E-state index is 12.2. The van der Waals surface area contributed by atoms with Gasteiger partial charge in [0.25, 0.3) is 0 Å². The van der Waals surface area contributed by atoms with Gasteiger partial charge in [0, 0.05) is 6.54 Å². The smallest absolute Gasteiger partial charge is 0.413 e. The van der Waals surface area contributed by atoms with Gasteiger partial charge >= 0.3 is 18.2 Å². The third kappa shape index (κ3) is 7.39. The molecule has 2 amide bonds. The lowest BCUT2D eigenvalue weighted by Crippen LogP contribution is -2.44. The van der Waals surface area contributed by atoms with Crippen molar-refractivity contribution < 1.29 is 28.6 Å². The minimum Gasteiger partial charge on any atom is -0.467 e. The van der Waals surface area contributed by atoms with Gasteiger partial charge in [0.2, 0.25) is 0 Å². The summed E-state index contributed by atoms with van der Waals surface area (Å²) >= 11 is 0. The number of anilines is 1. The maximum absolute atomic E-state index is 12.2. The van der Waals surface area contributed by atoms with Gasteiger partial charge in [-0.2, -0.15) is 0 Å². The van der Waals surface area contributed by atoms with Gasteiger partial charge in [-0.15, -0.1) is 0 Å². The number of fused-ring (bicyclic) bond motifs is 1. The number of imidazole rings is 1. The van der Waals surface area contributed by atoms with Crippen molar-refractivity contribution in [1.29, 1.82) is 0 Å². The second-order valence-corrected chi connectivity index (χ2v) is 8.53. The van der Waals surface area contributed by atoms with Crippen LogP contribution < -0.4 is 10.6 Å². The molecule has 0 fully saturated rings. The van der Waals surface area contributed by atoms with E-state index in [4.69, 9.17) is 14.2 Å². The first-order chi connectivity index (χ1) is 16.7. The van der Waals surface area contributed by atoms with E-state index in [0.717, 1.165) is 5.56 Å². The molecule has 3 aromatic rings. The van der Waals surface area contributed by atoms with Gasteiger partial charge in [0.05, 0.1) is 13.4 Å². The Hall–Kier alpha value is -4.22. The first-order valence-electron chi connectivity index (χ1n) is 10.9. The normalized spacial score (nSPS) is 12.0. The van der Waals surface area contributed by atoms with Crippen molar-refractivity contribution in [3.05, 3.63) is 48.5 Å². The Morgan fingerprint density at radius 1 is 1.06 bits per heavy atom. The van der Waals surface area contributed by atoms with Gasteiger partial charge < -0.3 is 24.1 Å². The number of aromatic nitrogens is 4. The molecule has 0 unspecified atom stereocenters. The van der Waals surface area contributed by atoms with Gasteiger partial charge in [0.15, 0.2) is 17.0 Å². The quantitative estimate of drug-likeness (QED) is 0.364. The number of carbonyl (C=O) groups excluding carboxylic acids is 3. The molecule has 186 valence electrons. The molecule has 0 aliphatic rings. The molecule has 35 heavy (non-hydrogen) atoms. The highest BCUT2D eigenvalue weighted by molar-refractivity contribution is 5.93. The number of nitrogens with zero attached hydrogens (tertiary/aromatic N) is 4. The molecule has 12 heteroatoms. The van der Waals surface area contributed by atoms with E-state index in [1.54, 1.807) is 25.3 Å². The predicted molar refractivity (Wildman–Crippen MR) is 125 cm³/mol. The number of ether oxygens (including phenoxy) is 3. The molecule has 12 nitrogen and oxygen atoms in total. The minimum absolute atomic E-state index is 0.106. The fourth-order valence-corrected chi connectivity index (χ4v) is 3.10. The SMILES string of the molecule is COC(=O)[C@H](CCn1cnc2c(NC(=O)OCc3ccccc3)ncnc21)NC(=O)OC(C)(C)C. The number of carbonyl (C=O) groups is 3. The average molecular weight is 485 g/mol. The van der Waals surface area contributed by atoms with Crippen LogP contribution in [-0.4, -0.2) is 56.4 Å². The summed E-state index contributed by atoms with van der Waals surface area (Å²) < 4.78 is 16.9. The Kier molecular flexibility index (Phi) is 8.18. The molecule has 1 atom stereocenters. The summed E-state index contributed by atoms with van der Waals surface area (Å²) in [6.07, 6.45) is 1.55. The van der Waals surface area contributed by atoms with E-state index in [1.807, 2.05) is 30.3 Å². The monoisotopic (exact) mass is 484 g/mol. The van der Waals surface area contributed by atoms with Crippen molar-refractivity contribution in [2.24, 2.45) is 0 Å². The summed E-state index contributed by atoms with van der Waals surface area (Å²) in [7, 11) is 1.24. The number of benzene rings is 1. The van der Waals surface area contributed by atoms with Crippen molar-refractivity contribution in [3.63, 3.8) is 0 Å². The molecule has 0 bridgehead atoms. The molecule has 0 aliphatic carbocycles. The van der Waals surface area contributed by atoms with Gasteiger partial charge in [-0.1, -0.05) is 30.3 Å². The number of hydrogen-bond acceptors (Lipinski definition) is 9. The summed E-state index contributed by atoms with van der Waals surface area (Å²) in [5.74, 6) is -0.429. The highest BCUT2D eigenvalue weighted by Gasteiger charge is 2.25. The fraction of sp³-hybridized carbons (Fsp3) is 0.391. The number of nitrogens with one attached hydrogen (secondary N) is 2. The topological polar surface area (TPSA) is 147 Å². The lowest BCUT2D eigenvalue weighted by atomic mass is 10.2. The predicted octanol–water partition coefficient (Wildman–Crippen LogP) is 3.03. The summed E-state index contributed by atoms with van der Waals surface area (Å²) in [5.41, 5.74) is 0.909. The minimum atomic E-state index is -0.945. The lowest BCUT2D eigenvalue weighted by molar-refractivity contribution is -0.143. The molecule has 0 saturated heterocycles. The number of amides is 2. The molecule has 2 heterocycles. The Balaban J connectivity index is 1.65. The van der Waals surface area contributed by atoms with Crippen LogP contribution in [0.4, 0.5) is 15.4 Å². The van der Waals surface area contributed by atoms with Gasteiger partial charge in [-0.3, -0.25) is 5.32 Å². The molecule has 0 radical (unpaired) electrons. The number of hydrogen-bond donors (Lipinski definition) is 2. The molecule has 2 N–H and O–H groups in total. The van der Waals surface area contributed by atoms with Crippen LogP contribution in [0.3, 0.4) is 0 Å². The lowest BCUT2D eigenvalue weighted by Gasteiger charge is -2.22. The summed E-state index contributed by atoms with van der Waals surface area (Å²) in [5, 5.41) is 5.10. The van der Waals surface area contributed by atoms with Crippen LogP contribution in [-0.2, 0) is 32.2 Å². The summed E-state index contributed by atoms with van der Waals surface area (Å²) in [6.45, 7) is 5.54. The van der Waals surface area contributed by atoms with E-state index in [-0.39, 0.29) is 25.4 Å². The van der Waals surface area contributed by atoms with E-state index in [2.05, 4.69) is 25.6 Å². The molecular formula is C23H28N6O6. The molecule has 0 aliphatic heterocycles. The van der Waals surface area contributed by atoms with E-state index in [1.165, 1.54) is 19.8 Å². The Labute approximate surface area is 202 Å². The maximum Gasteiger partial charge on any atom is 0.413 e. The average Bonchev–Trinajstić information content (AvgIpc) is 3.23. The second-order valence-electron chi connectivity index (χ2n) is 8.53. The van der Waals surface area contributed by atoms with Crippen molar-refractivity contribution in [2.45, 2.75) is 52.0 Å². The van der Waals surface area contributed by atoms with E-state index >= 15 is 0 Å². The second kappa shape index (κ2) is 11.3. The van der Waals surface area contributed by atoms with Crippen LogP contribution in [0.2, 0.25) is 0 Å². The first-order valence-corrected chi connectivity index (χ1v) is 10.9. The zero-order chi connectivity index (χ0) is 25.4. The highest BCUT2D eigenvalue weighted by atomic mass is 16.6. The number of alkyl carbamates (subject to hydrolysis) is 1. The van der Waals surface area contributed by atoms with Crippen molar-refractivity contribution in [2.75, 3.05) is 12.4 Å². The number of aryl methyl sites for hydroxylation is 1. The molecular weight excluding hydrogens is 456 g/mol. The number of methoxy groups -OCH3 is 1. The fourth-order valence-electron chi connectivity index (χ4n) is 3.10. The molecule has 0 saturated carbocycles. The Morgan fingerprint density at radius 2 is 1.80 bits per heavy atom. The molecule has 3 rings (SSSR count). The van der Waals surface area contributed by atoms with Gasteiger partial charge in [-0.25, -0.2) is 29.3 Å². The largest absolute Gasteiger partial charge is 0.467 e. The zero-order valence-electron chi connectivity index (χ0n) is 20.0. The summed E-state index contributed by atoms with van der Waals surface area (Å²) in [4.78, 5) is 49.1. The van der Waals surface area contributed by atoms with Crippen LogP contribution in [0.5, 0.6) is 0 Å². The Bertz CT molecular complexity index is 1170. The molecule has 0 spiro atoms. The first kappa shape index (κ1) is 25.4. The van der Waals surface area contributed by atoms with Crippen LogP contribution in [0.15, 0.2) is 43.0 Å². The Morgan fingerprint density at radius 3 is 2.49 bits per heavy atom. The van der Waals surface area contributed by atoms with Crippen LogP contribution in [0.25, 0.3) is 11.2 Å². The van der Waals surface area contributed by atoms with Crippen LogP contribution in [0, 0.1) is 0 Å². The number of esters is 1. The standard InChI is InChI=1S/C23H28N6O6/c1-23(2,3)35-22(32)27-16(20(30)33-4)10-11-29-14-26-17-18(24-13-25-19(17)29)28-21(31)34-12-15-8-6-5-7-9-15/h5-9,13-14,16H,10-12H2,1-4H3,(H,27,32)(H,24,25,28,31)/t16-/m0/s1. The van der Waals surface area contributed by atoms with Crippen molar-refractivity contribution >= 4 is 35.1 Å². The highest BCUT2D eigenvalue weighted by Crippen LogP contribution is 2.18. The van der Waals surface area contributed by atoms with Gasteiger partial charge in [0.1, 0.15) is 24.6 Å². The van der Waals surface area contributed by atoms with Crippen molar-refractivity contribution in [3.8, 4) is 0 Å². The molecule has 1 aromatic carbocycles. The molecule has 2 aromatic heterocycles. The third-order valence-electron chi connectivity index (χ3n) is 4.67. The van der Waals surface area contributed by atoms with E-state index in [9.17, 15) is 14.4 Å². The van der Waals surface area contributed by atoms with E-state index in [0.29, 0.717) is 11.2 Å². The zero-order valence-corrected chi connectivity index (χ0v) is 20.0. The summed E-state index contributed by atoms with van der Waals surface area (Å²) in [6, 6.07) is 8.32. The van der Waals surface area contributed by atoms with Crippen LogP contribution in [0.1, 0.15) is 32.8 Å².